The summed E-state index contributed by atoms with van der Waals surface area (Å²) in [6.07, 6.45) is 1.72. The molecule has 112 valence electrons. The number of rotatable bonds is 7. The molecule has 1 aromatic heterocycles. The highest BCUT2D eigenvalue weighted by Gasteiger charge is 2.03. The van der Waals surface area contributed by atoms with Gasteiger partial charge in [-0.3, -0.25) is 0 Å². The van der Waals surface area contributed by atoms with Crippen LogP contribution < -0.4 is 20.5 Å². The average molecular weight is 288 g/mol. The normalized spacial score (nSPS) is 10.5. The quantitative estimate of drug-likeness (QED) is 0.813. The van der Waals surface area contributed by atoms with Gasteiger partial charge >= 0.3 is 0 Å². The van der Waals surface area contributed by atoms with E-state index in [0.29, 0.717) is 25.0 Å². The standard InChI is InChI=1S/C15H20N4O2/c1-11(2)21-14-6-8-17-15(19-14)18-12-4-3-5-13(10-12)20-9-7-16/h3-6,8,10-11H,7,9,16H2,1-2H3,(H,17,18,19). The van der Waals surface area contributed by atoms with Crippen LogP contribution >= 0.6 is 0 Å². The fourth-order valence-electron chi connectivity index (χ4n) is 1.68. The smallest absolute Gasteiger partial charge is 0.230 e. The number of hydrogen-bond donors (Lipinski definition) is 2. The monoisotopic (exact) mass is 288 g/mol. The molecule has 2 aromatic rings. The lowest BCUT2D eigenvalue weighted by atomic mass is 10.3. The maximum atomic E-state index is 5.54. The van der Waals surface area contributed by atoms with Crippen LogP contribution in [0, 0.1) is 0 Å². The first-order chi connectivity index (χ1) is 10.2. The van der Waals surface area contributed by atoms with Gasteiger partial charge in [0.25, 0.3) is 0 Å². The molecule has 6 nitrogen and oxygen atoms in total. The summed E-state index contributed by atoms with van der Waals surface area (Å²) in [7, 11) is 0. The average Bonchev–Trinajstić information content (AvgIpc) is 2.45. The maximum absolute atomic E-state index is 5.54. The summed E-state index contributed by atoms with van der Waals surface area (Å²) < 4.78 is 11.0. The minimum atomic E-state index is 0.0701. The molecule has 6 heteroatoms. The Bertz CT molecular complexity index is 575. The van der Waals surface area contributed by atoms with Crippen LogP contribution in [0.25, 0.3) is 0 Å². The van der Waals surface area contributed by atoms with E-state index in [1.54, 1.807) is 12.3 Å². The van der Waals surface area contributed by atoms with Gasteiger partial charge in [0.05, 0.1) is 6.10 Å². The van der Waals surface area contributed by atoms with Crippen LogP contribution in [0.1, 0.15) is 13.8 Å². The zero-order valence-corrected chi connectivity index (χ0v) is 12.2. The number of nitrogens with two attached hydrogens (primary N) is 1. The molecule has 0 aliphatic carbocycles. The van der Waals surface area contributed by atoms with Crippen LogP contribution in [0.5, 0.6) is 11.6 Å². The summed E-state index contributed by atoms with van der Waals surface area (Å²) in [5.74, 6) is 1.77. The first kappa shape index (κ1) is 15.1. The van der Waals surface area contributed by atoms with E-state index >= 15 is 0 Å². The van der Waals surface area contributed by atoms with Crippen molar-refractivity contribution >= 4 is 11.6 Å². The van der Waals surface area contributed by atoms with Crippen molar-refractivity contribution in [2.75, 3.05) is 18.5 Å². The SMILES string of the molecule is CC(C)Oc1ccnc(Nc2cccc(OCCN)c2)n1. The molecule has 0 unspecified atom stereocenters. The van der Waals surface area contributed by atoms with Gasteiger partial charge in [-0.15, -0.1) is 0 Å². The minimum absolute atomic E-state index is 0.0701. The van der Waals surface area contributed by atoms with E-state index in [0.717, 1.165) is 11.4 Å². The number of benzene rings is 1. The van der Waals surface area contributed by atoms with E-state index in [1.807, 2.05) is 38.1 Å². The van der Waals surface area contributed by atoms with Gasteiger partial charge < -0.3 is 20.5 Å². The lowest BCUT2D eigenvalue weighted by molar-refractivity contribution is 0.232. The molecule has 0 atom stereocenters. The molecule has 21 heavy (non-hydrogen) atoms. The molecule has 0 bridgehead atoms. The Morgan fingerprint density at radius 3 is 2.90 bits per heavy atom. The van der Waals surface area contributed by atoms with E-state index < -0.39 is 0 Å². The third-order valence-electron chi connectivity index (χ3n) is 2.46. The van der Waals surface area contributed by atoms with Gasteiger partial charge in [0, 0.05) is 30.6 Å². The number of nitrogens with zero attached hydrogens (tertiary/aromatic N) is 2. The molecule has 1 heterocycles. The topological polar surface area (TPSA) is 82.3 Å². The molecule has 0 fully saturated rings. The zero-order valence-electron chi connectivity index (χ0n) is 12.2. The molecule has 2 rings (SSSR count). The van der Waals surface area contributed by atoms with E-state index in [1.165, 1.54) is 0 Å². The maximum Gasteiger partial charge on any atom is 0.230 e. The van der Waals surface area contributed by atoms with Crippen molar-refractivity contribution in [2.45, 2.75) is 20.0 Å². The number of ether oxygens (including phenoxy) is 2. The van der Waals surface area contributed by atoms with E-state index in [4.69, 9.17) is 15.2 Å². The first-order valence-electron chi connectivity index (χ1n) is 6.87. The summed E-state index contributed by atoms with van der Waals surface area (Å²) >= 11 is 0. The largest absolute Gasteiger partial charge is 0.492 e. The van der Waals surface area contributed by atoms with Crippen molar-refractivity contribution < 1.29 is 9.47 Å². The van der Waals surface area contributed by atoms with Gasteiger partial charge in [0.1, 0.15) is 12.4 Å². The third kappa shape index (κ3) is 4.92. The molecule has 1 aromatic carbocycles. The second-order valence-corrected chi connectivity index (χ2v) is 4.68. The van der Waals surface area contributed by atoms with E-state index in [-0.39, 0.29) is 6.10 Å². The van der Waals surface area contributed by atoms with Crippen molar-refractivity contribution in [3.05, 3.63) is 36.5 Å². The highest BCUT2D eigenvalue weighted by atomic mass is 16.5. The summed E-state index contributed by atoms with van der Waals surface area (Å²) in [6, 6.07) is 9.28. The third-order valence-corrected chi connectivity index (χ3v) is 2.46. The van der Waals surface area contributed by atoms with Gasteiger partial charge in [0.15, 0.2) is 0 Å². The molecule has 0 radical (unpaired) electrons. The lowest BCUT2D eigenvalue weighted by Gasteiger charge is -2.11. The molecule has 3 N–H and O–H groups in total. The lowest BCUT2D eigenvalue weighted by Crippen LogP contribution is -2.10. The molecular formula is C15H20N4O2. The molecule has 0 amide bonds. The summed E-state index contributed by atoms with van der Waals surface area (Å²) in [5, 5.41) is 3.12. The Morgan fingerprint density at radius 1 is 1.29 bits per heavy atom. The highest BCUT2D eigenvalue weighted by molar-refractivity contribution is 5.55. The van der Waals surface area contributed by atoms with Crippen molar-refractivity contribution in [3.63, 3.8) is 0 Å². The van der Waals surface area contributed by atoms with Gasteiger partial charge in [-0.25, -0.2) is 4.98 Å². The molecule has 0 aliphatic rings. The highest BCUT2D eigenvalue weighted by Crippen LogP contribution is 2.20. The molecule has 0 spiro atoms. The van der Waals surface area contributed by atoms with Gasteiger partial charge in [0.2, 0.25) is 11.8 Å². The molecular weight excluding hydrogens is 268 g/mol. The second-order valence-electron chi connectivity index (χ2n) is 4.68. The summed E-state index contributed by atoms with van der Waals surface area (Å²) in [6.45, 7) is 4.87. The van der Waals surface area contributed by atoms with Crippen molar-refractivity contribution in [3.8, 4) is 11.6 Å². The van der Waals surface area contributed by atoms with Gasteiger partial charge in [-0.05, 0) is 26.0 Å². The van der Waals surface area contributed by atoms with E-state index in [2.05, 4.69) is 15.3 Å². The number of anilines is 2. The summed E-state index contributed by atoms with van der Waals surface area (Å²) in [5.41, 5.74) is 6.26. The molecule has 0 aliphatic heterocycles. The van der Waals surface area contributed by atoms with Crippen molar-refractivity contribution in [1.82, 2.24) is 9.97 Å². The minimum Gasteiger partial charge on any atom is -0.492 e. The Morgan fingerprint density at radius 2 is 2.14 bits per heavy atom. The van der Waals surface area contributed by atoms with Gasteiger partial charge in [-0.1, -0.05) is 6.07 Å². The second kappa shape index (κ2) is 7.44. The molecule has 0 saturated carbocycles. The Kier molecular flexibility index (Phi) is 5.34. The van der Waals surface area contributed by atoms with Crippen LogP contribution in [0.2, 0.25) is 0 Å². The van der Waals surface area contributed by atoms with Crippen LogP contribution in [0.15, 0.2) is 36.5 Å². The predicted octanol–water partition coefficient (Wildman–Crippen LogP) is 2.34. The van der Waals surface area contributed by atoms with Crippen LogP contribution in [0.4, 0.5) is 11.6 Å². The van der Waals surface area contributed by atoms with Gasteiger partial charge in [-0.2, -0.15) is 4.98 Å². The first-order valence-corrected chi connectivity index (χ1v) is 6.87. The zero-order chi connectivity index (χ0) is 15.1. The van der Waals surface area contributed by atoms with E-state index in [9.17, 15) is 0 Å². The number of hydrogen-bond acceptors (Lipinski definition) is 6. The Balaban J connectivity index is 2.07. The predicted molar refractivity (Wildman–Crippen MR) is 82.1 cm³/mol. The summed E-state index contributed by atoms with van der Waals surface area (Å²) in [4.78, 5) is 8.47. The fraction of sp³-hybridized carbons (Fsp3) is 0.333. The number of aromatic nitrogens is 2. The van der Waals surface area contributed by atoms with Crippen LogP contribution in [-0.2, 0) is 0 Å². The van der Waals surface area contributed by atoms with Crippen LogP contribution in [0.3, 0.4) is 0 Å². The number of nitrogens with one attached hydrogen (secondary N) is 1. The Labute approximate surface area is 124 Å². The van der Waals surface area contributed by atoms with Crippen molar-refractivity contribution in [2.24, 2.45) is 5.73 Å². The van der Waals surface area contributed by atoms with Crippen molar-refractivity contribution in [1.29, 1.82) is 0 Å². The van der Waals surface area contributed by atoms with Crippen LogP contribution in [-0.4, -0.2) is 29.2 Å². The molecule has 0 saturated heterocycles. The Hall–Kier alpha value is -2.34. The fourth-order valence-corrected chi connectivity index (χ4v) is 1.68.